The zero-order valence-electron chi connectivity index (χ0n) is 12.0. The fraction of sp³-hybridized carbons (Fsp3) is 0.600. The zero-order valence-corrected chi connectivity index (χ0v) is 13.6. The van der Waals surface area contributed by atoms with Gasteiger partial charge in [0, 0.05) is 29.3 Å². The van der Waals surface area contributed by atoms with E-state index in [4.69, 9.17) is 17.3 Å². The van der Waals surface area contributed by atoms with Crippen LogP contribution in [0.4, 0.5) is 11.4 Å². The number of thioether (sulfide) groups is 1. The summed E-state index contributed by atoms with van der Waals surface area (Å²) in [6.45, 7) is 0. The average Bonchev–Trinajstić information content (AvgIpc) is 2.65. The van der Waals surface area contributed by atoms with E-state index in [0.29, 0.717) is 10.9 Å². The lowest BCUT2D eigenvalue weighted by atomic mass is 10.0. The van der Waals surface area contributed by atoms with Crippen LogP contribution in [-0.4, -0.2) is 36.3 Å². The molecule has 0 spiro atoms. The highest BCUT2D eigenvalue weighted by molar-refractivity contribution is 8.00. The van der Waals surface area contributed by atoms with Crippen molar-refractivity contribution in [2.45, 2.75) is 47.9 Å². The number of benzene rings is 1. The Morgan fingerprint density at radius 3 is 2.55 bits per heavy atom. The highest BCUT2D eigenvalue weighted by Gasteiger charge is 2.38. The van der Waals surface area contributed by atoms with Gasteiger partial charge in [-0.05, 0) is 44.9 Å². The topological polar surface area (TPSA) is 41.3 Å². The number of nitrogens with zero attached hydrogens (tertiary/aromatic N) is 1. The average molecular weight is 312 g/mol. The lowest BCUT2D eigenvalue weighted by Gasteiger charge is -2.36. The first-order valence-corrected chi connectivity index (χ1v) is 8.50. The van der Waals surface area contributed by atoms with Crippen molar-refractivity contribution in [3.8, 4) is 0 Å². The van der Waals surface area contributed by atoms with Gasteiger partial charge in [-0.1, -0.05) is 11.6 Å². The Hall–Kier alpha value is -0.580. The van der Waals surface area contributed by atoms with Crippen LogP contribution < -0.4 is 11.1 Å². The normalized spacial score (nSPS) is 29.6. The number of piperidine rings is 1. The first-order valence-electron chi connectivity index (χ1n) is 7.24. The van der Waals surface area contributed by atoms with E-state index < -0.39 is 0 Å². The number of nitrogens with one attached hydrogen (secondary N) is 1. The third-order valence-electron chi connectivity index (χ3n) is 4.74. The van der Waals surface area contributed by atoms with Crippen LogP contribution in [-0.2, 0) is 0 Å². The van der Waals surface area contributed by atoms with Crippen LogP contribution in [0.2, 0.25) is 5.02 Å². The lowest BCUT2D eigenvalue weighted by molar-refractivity contribution is 0.183. The minimum absolute atomic E-state index is 0.675. The molecule has 2 fully saturated rings. The van der Waals surface area contributed by atoms with E-state index in [2.05, 4.69) is 23.3 Å². The van der Waals surface area contributed by atoms with E-state index in [1.807, 2.05) is 24.9 Å². The van der Waals surface area contributed by atoms with Gasteiger partial charge in [0.25, 0.3) is 0 Å². The first-order chi connectivity index (χ1) is 9.60. The fourth-order valence-electron chi connectivity index (χ4n) is 3.55. The minimum Gasteiger partial charge on any atom is -0.397 e. The Balaban J connectivity index is 1.76. The first kappa shape index (κ1) is 14.4. The van der Waals surface area contributed by atoms with Crippen LogP contribution in [0.5, 0.6) is 0 Å². The van der Waals surface area contributed by atoms with Gasteiger partial charge in [0.05, 0.1) is 16.4 Å². The smallest absolute Gasteiger partial charge is 0.0794 e. The predicted molar refractivity (Wildman–Crippen MR) is 88.9 cm³/mol. The monoisotopic (exact) mass is 311 g/mol. The molecule has 5 heteroatoms. The Bertz CT molecular complexity index is 494. The molecule has 0 aliphatic carbocycles. The summed E-state index contributed by atoms with van der Waals surface area (Å²) in [4.78, 5) is 3.72. The molecule has 20 heavy (non-hydrogen) atoms. The molecule has 2 heterocycles. The van der Waals surface area contributed by atoms with Gasteiger partial charge in [-0.2, -0.15) is 0 Å². The Labute approximate surface area is 130 Å². The SMILES string of the molecule is CNc1c(N)ccc(SC2CC3CCC(C2)N3C)c1Cl. The molecule has 0 amide bonds. The third kappa shape index (κ3) is 2.49. The predicted octanol–water partition coefficient (Wildman–Crippen LogP) is 3.68. The molecule has 2 aliphatic rings. The summed E-state index contributed by atoms with van der Waals surface area (Å²) >= 11 is 8.40. The van der Waals surface area contributed by atoms with Gasteiger partial charge in [-0.3, -0.25) is 0 Å². The molecule has 2 bridgehead atoms. The van der Waals surface area contributed by atoms with Crippen molar-refractivity contribution < 1.29 is 0 Å². The second-order valence-corrected chi connectivity index (χ2v) is 7.57. The maximum Gasteiger partial charge on any atom is 0.0794 e. The fourth-order valence-corrected chi connectivity index (χ4v) is 5.30. The van der Waals surface area contributed by atoms with Gasteiger partial charge in [-0.15, -0.1) is 11.8 Å². The summed E-state index contributed by atoms with van der Waals surface area (Å²) in [5, 5.41) is 4.54. The summed E-state index contributed by atoms with van der Waals surface area (Å²) in [6, 6.07) is 5.54. The number of anilines is 2. The summed E-state index contributed by atoms with van der Waals surface area (Å²) in [5.41, 5.74) is 7.51. The van der Waals surface area contributed by atoms with Crippen LogP contribution >= 0.6 is 23.4 Å². The molecule has 0 aromatic heterocycles. The molecule has 3 N–H and O–H groups in total. The van der Waals surface area contributed by atoms with Gasteiger partial charge < -0.3 is 16.0 Å². The van der Waals surface area contributed by atoms with E-state index in [0.717, 1.165) is 27.7 Å². The minimum atomic E-state index is 0.675. The van der Waals surface area contributed by atoms with E-state index >= 15 is 0 Å². The molecule has 3 rings (SSSR count). The molecular formula is C15H22ClN3S. The van der Waals surface area contributed by atoms with Crippen molar-refractivity contribution >= 4 is 34.7 Å². The van der Waals surface area contributed by atoms with E-state index in [-0.39, 0.29) is 0 Å². The van der Waals surface area contributed by atoms with Crippen molar-refractivity contribution in [3.05, 3.63) is 17.2 Å². The standard InChI is InChI=1S/C15H22ClN3S/c1-18-15-12(17)5-6-13(14(15)16)20-11-7-9-3-4-10(8-11)19(9)2/h5-6,9-11,18H,3-4,7-8,17H2,1-2H3. The second-order valence-electron chi connectivity index (χ2n) is 5.85. The molecule has 110 valence electrons. The van der Waals surface area contributed by atoms with Crippen molar-refractivity contribution in [2.24, 2.45) is 0 Å². The van der Waals surface area contributed by atoms with Crippen LogP contribution in [0.1, 0.15) is 25.7 Å². The summed E-state index contributed by atoms with van der Waals surface area (Å²) in [5.74, 6) is 0. The molecule has 0 saturated carbocycles. The Kier molecular flexibility index (Phi) is 4.07. The van der Waals surface area contributed by atoms with Gasteiger partial charge in [0.15, 0.2) is 0 Å². The highest BCUT2D eigenvalue weighted by Crippen LogP contribution is 2.45. The van der Waals surface area contributed by atoms with Gasteiger partial charge in [0.1, 0.15) is 0 Å². The number of nitrogen functional groups attached to an aromatic ring is 1. The van der Waals surface area contributed by atoms with Crippen molar-refractivity contribution in [1.29, 1.82) is 0 Å². The van der Waals surface area contributed by atoms with Crippen LogP contribution in [0, 0.1) is 0 Å². The number of hydrogen-bond donors (Lipinski definition) is 2. The van der Waals surface area contributed by atoms with Crippen LogP contribution in [0.25, 0.3) is 0 Å². The number of rotatable bonds is 3. The van der Waals surface area contributed by atoms with Gasteiger partial charge in [0.2, 0.25) is 0 Å². The number of halogens is 1. The molecule has 1 aromatic rings. The molecule has 0 radical (unpaired) electrons. The number of nitrogens with two attached hydrogens (primary N) is 1. The maximum atomic E-state index is 6.48. The summed E-state index contributed by atoms with van der Waals surface area (Å²) in [7, 11) is 4.14. The number of fused-ring (bicyclic) bond motifs is 2. The Morgan fingerprint density at radius 1 is 1.30 bits per heavy atom. The molecule has 1 aromatic carbocycles. The van der Waals surface area contributed by atoms with E-state index in [1.54, 1.807) is 0 Å². The van der Waals surface area contributed by atoms with Crippen molar-refractivity contribution in [2.75, 3.05) is 25.1 Å². The van der Waals surface area contributed by atoms with Crippen molar-refractivity contribution in [1.82, 2.24) is 4.90 Å². The van der Waals surface area contributed by atoms with Crippen LogP contribution in [0.3, 0.4) is 0 Å². The molecular weight excluding hydrogens is 290 g/mol. The quantitative estimate of drug-likeness (QED) is 0.836. The van der Waals surface area contributed by atoms with E-state index in [9.17, 15) is 0 Å². The van der Waals surface area contributed by atoms with E-state index in [1.165, 1.54) is 25.7 Å². The van der Waals surface area contributed by atoms with Gasteiger partial charge in [-0.25, -0.2) is 0 Å². The molecule has 2 unspecified atom stereocenters. The van der Waals surface area contributed by atoms with Gasteiger partial charge >= 0.3 is 0 Å². The zero-order chi connectivity index (χ0) is 14.3. The largest absolute Gasteiger partial charge is 0.397 e. The molecule has 2 saturated heterocycles. The maximum absolute atomic E-state index is 6.48. The van der Waals surface area contributed by atoms with Crippen molar-refractivity contribution in [3.63, 3.8) is 0 Å². The summed E-state index contributed by atoms with van der Waals surface area (Å²) in [6.07, 6.45) is 5.26. The molecule has 2 atom stereocenters. The number of hydrogen-bond acceptors (Lipinski definition) is 4. The highest BCUT2D eigenvalue weighted by atomic mass is 35.5. The molecule has 3 nitrogen and oxygen atoms in total. The third-order valence-corrected chi connectivity index (χ3v) is 6.55. The van der Waals surface area contributed by atoms with Crippen LogP contribution in [0.15, 0.2) is 17.0 Å². The summed E-state index contributed by atoms with van der Waals surface area (Å²) < 4.78 is 0. The second kappa shape index (κ2) is 5.66. The molecule has 2 aliphatic heterocycles. The lowest BCUT2D eigenvalue weighted by Crippen LogP contribution is -2.40. The Morgan fingerprint density at radius 2 is 1.95 bits per heavy atom.